The van der Waals surface area contributed by atoms with Gasteiger partial charge in [-0.05, 0) is 29.8 Å². The van der Waals surface area contributed by atoms with Crippen molar-refractivity contribution in [2.24, 2.45) is 0 Å². The largest absolute Gasteiger partial charge is 0.466 e. The first kappa shape index (κ1) is 8.84. The van der Waals surface area contributed by atoms with E-state index < -0.39 is 6.10 Å². The third-order valence-electron chi connectivity index (χ3n) is 2.04. The zero-order valence-electron chi connectivity index (χ0n) is 7.55. The smallest absolute Gasteiger partial charge is 0.137 e. The molecule has 0 spiro atoms. The number of nitrogens with two attached hydrogens (primary N) is 1. The lowest BCUT2D eigenvalue weighted by molar-refractivity contribution is 0.189. The minimum atomic E-state index is -0.742. The standard InChI is InChI=1S/C11H11NO2/c12-9-4-1-3-8(7-9)11(13)10-5-2-6-14-10/h1-7,11,13H,12H2. The quantitative estimate of drug-likeness (QED) is 0.710. The van der Waals surface area contributed by atoms with E-state index in [2.05, 4.69) is 0 Å². The van der Waals surface area contributed by atoms with E-state index in [-0.39, 0.29) is 0 Å². The van der Waals surface area contributed by atoms with E-state index in [0.717, 1.165) is 5.56 Å². The second kappa shape index (κ2) is 3.55. The molecule has 1 heterocycles. The Bertz CT molecular complexity index is 409. The number of benzene rings is 1. The number of nitrogen functional groups attached to an aromatic ring is 1. The predicted octanol–water partition coefficient (Wildman–Crippen LogP) is 1.94. The number of anilines is 1. The molecule has 3 heteroatoms. The molecule has 1 unspecified atom stereocenters. The molecule has 1 atom stereocenters. The van der Waals surface area contributed by atoms with E-state index in [9.17, 15) is 5.11 Å². The van der Waals surface area contributed by atoms with Crippen LogP contribution in [0.2, 0.25) is 0 Å². The van der Waals surface area contributed by atoms with Crippen LogP contribution in [0.5, 0.6) is 0 Å². The molecule has 0 saturated heterocycles. The molecule has 0 aliphatic heterocycles. The van der Waals surface area contributed by atoms with Crippen molar-refractivity contribution in [1.29, 1.82) is 0 Å². The van der Waals surface area contributed by atoms with E-state index >= 15 is 0 Å². The van der Waals surface area contributed by atoms with E-state index in [4.69, 9.17) is 10.2 Å². The maximum atomic E-state index is 9.86. The highest BCUT2D eigenvalue weighted by Gasteiger charge is 2.12. The summed E-state index contributed by atoms with van der Waals surface area (Å²) >= 11 is 0. The van der Waals surface area contributed by atoms with Crippen molar-refractivity contribution < 1.29 is 9.52 Å². The summed E-state index contributed by atoms with van der Waals surface area (Å²) in [4.78, 5) is 0. The minimum absolute atomic E-state index is 0.524. The van der Waals surface area contributed by atoms with Crippen molar-refractivity contribution >= 4 is 5.69 Å². The highest BCUT2D eigenvalue weighted by Crippen LogP contribution is 2.23. The lowest BCUT2D eigenvalue weighted by Gasteiger charge is -2.08. The Balaban J connectivity index is 2.32. The fourth-order valence-corrected chi connectivity index (χ4v) is 1.34. The summed E-state index contributed by atoms with van der Waals surface area (Å²) in [5.74, 6) is 0.524. The van der Waals surface area contributed by atoms with Crippen LogP contribution in [0.25, 0.3) is 0 Å². The van der Waals surface area contributed by atoms with Crippen LogP contribution in [0.3, 0.4) is 0 Å². The molecule has 2 aromatic rings. The zero-order chi connectivity index (χ0) is 9.97. The molecule has 0 aliphatic rings. The molecule has 1 aromatic heterocycles. The fourth-order valence-electron chi connectivity index (χ4n) is 1.34. The van der Waals surface area contributed by atoms with Gasteiger partial charge in [-0.3, -0.25) is 0 Å². The molecule has 0 fully saturated rings. The van der Waals surface area contributed by atoms with Gasteiger partial charge in [-0.1, -0.05) is 12.1 Å². The van der Waals surface area contributed by atoms with Crippen LogP contribution >= 0.6 is 0 Å². The topological polar surface area (TPSA) is 59.4 Å². The van der Waals surface area contributed by atoms with E-state index in [0.29, 0.717) is 11.4 Å². The molecule has 3 nitrogen and oxygen atoms in total. The van der Waals surface area contributed by atoms with Crippen LogP contribution in [0.1, 0.15) is 17.4 Å². The van der Waals surface area contributed by atoms with Crippen molar-refractivity contribution in [1.82, 2.24) is 0 Å². The van der Waals surface area contributed by atoms with Crippen molar-refractivity contribution in [2.75, 3.05) is 5.73 Å². The Hall–Kier alpha value is -1.74. The summed E-state index contributed by atoms with van der Waals surface area (Å²) in [6, 6.07) is 10.6. The lowest BCUT2D eigenvalue weighted by Crippen LogP contribution is -1.98. The normalized spacial score (nSPS) is 12.6. The van der Waals surface area contributed by atoms with Gasteiger partial charge in [-0.25, -0.2) is 0 Å². The molecule has 1 aromatic carbocycles. The van der Waals surface area contributed by atoms with Crippen LogP contribution in [-0.4, -0.2) is 5.11 Å². The van der Waals surface area contributed by atoms with E-state index in [1.54, 1.807) is 30.3 Å². The van der Waals surface area contributed by atoms with Gasteiger partial charge in [-0.15, -0.1) is 0 Å². The van der Waals surface area contributed by atoms with Crippen molar-refractivity contribution in [2.45, 2.75) is 6.10 Å². The SMILES string of the molecule is Nc1cccc(C(O)c2ccco2)c1. The molecule has 0 saturated carbocycles. The molecule has 72 valence electrons. The molecular formula is C11H11NO2. The maximum absolute atomic E-state index is 9.86. The van der Waals surface area contributed by atoms with E-state index in [1.807, 2.05) is 6.07 Å². The first-order chi connectivity index (χ1) is 6.77. The molecule has 0 radical (unpaired) electrons. The molecule has 3 N–H and O–H groups in total. The molecule has 0 aliphatic carbocycles. The van der Waals surface area contributed by atoms with Gasteiger partial charge in [0.15, 0.2) is 0 Å². The average Bonchev–Trinajstić information content (AvgIpc) is 2.69. The minimum Gasteiger partial charge on any atom is -0.466 e. The average molecular weight is 189 g/mol. The van der Waals surface area contributed by atoms with Gasteiger partial charge in [0.25, 0.3) is 0 Å². The fraction of sp³-hybridized carbons (Fsp3) is 0.0909. The summed E-state index contributed by atoms with van der Waals surface area (Å²) in [6.07, 6.45) is 0.790. The number of hydrogen-bond donors (Lipinski definition) is 2. The molecule has 0 amide bonds. The summed E-state index contributed by atoms with van der Waals surface area (Å²) in [5, 5.41) is 9.86. The van der Waals surface area contributed by atoms with Gasteiger partial charge in [0, 0.05) is 5.69 Å². The van der Waals surface area contributed by atoms with Crippen LogP contribution in [0.15, 0.2) is 47.1 Å². The highest BCUT2D eigenvalue weighted by molar-refractivity contribution is 5.42. The van der Waals surface area contributed by atoms with Crippen molar-refractivity contribution in [3.05, 3.63) is 54.0 Å². The molecular weight excluding hydrogens is 178 g/mol. The van der Waals surface area contributed by atoms with Gasteiger partial charge in [0.2, 0.25) is 0 Å². The maximum Gasteiger partial charge on any atom is 0.137 e. The third-order valence-corrected chi connectivity index (χ3v) is 2.04. The van der Waals surface area contributed by atoms with Crippen LogP contribution in [0, 0.1) is 0 Å². The van der Waals surface area contributed by atoms with Crippen LogP contribution in [0.4, 0.5) is 5.69 Å². The van der Waals surface area contributed by atoms with Crippen molar-refractivity contribution in [3.8, 4) is 0 Å². The molecule has 0 bridgehead atoms. The van der Waals surface area contributed by atoms with Gasteiger partial charge in [0.05, 0.1) is 6.26 Å². The van der Waals surface area contributed by atoms with Crippen LogP contribution in [-0.2, 0) is 0 Å². The van der Waals surface area contributed by atoms with Gasteiger partial charge < -0.3 is 15.3 Å². The lowest BCUT2D eigenvalue weighted by atomic mass is 10.1. The second-order valence-electron chi connectivity index (χ2n) is 3.09. The Kier molecular flexibility index (Phi) is 2.24. The summed E-state index contributed by atoms with van der Waals surface area (Å²) < 4.78 is 5.10. The summed E-state index contributed by atoms with van der Waals surface area (Å²) in [7, 11) is 0. The van der Waals surface area contributed by atoms with Gasteiger partial charge in [0.1, 0.15) is 11.9 Å². The Morgan fingerprint density at radius 1 is 1.21 bits per heavy atom. The summed E-state index contributed by atoms with van der Waals surface area (Å²) in [5.41, 5.74) is 6.98. The second-order valence-corrected chi connectivity index (χ2v) is 3.09. The number of hydrogen-bond acceptors (Lipinski definition) is 3. The molecule has 14 heavy (non-hydrogen) atoms. The van der Waals surface area contributed by atoms with Gasteiger partial charge >= 0.3 is 0 Å². The number of aliphatic hydroxyl groups excluding tert-OH is 1. The van der Waals surface area contributed by atoms with Crippen LogP contribution < -0.4 is 5.73 Å². The zero-order valence-corrected chi connectivity index (χ0v) is 7.55. The summed E-state index contributed by atoms with van der Waals surface area (Å²) in [6.45, 7) is 0. The first-order valence-corrected chi connectivity index (χ1v) is 4.34. The van der Waals surface area contributed by atoms with Crippen molar-refractivity contribution in [3.63, 3.8) is 0 Å². The number of furan rings is 1. The first-order valence-electron chi connectivity index (χ1n) is 4.34. The van der Waals surface area contributed by atoms with E-state index in [1.165, 1.54) is 6.26 Å². The number of rotatable bonds is 2. The monoisotopic (exact) mass is 189 g/mol. The molecule has 2 rings (SSSR count). The predicted molar refractivity (Wildman–Crippen MR) is 53.6 cm³/mol. The Morgan fingerprint density at radius 3 is 2.71 bits per heavy atom. The third kappa shape index (κ3) is 1.63. The Labute approximate surface area is 81.8 Å². The Morgan fingerprint density at radius 2 is 2.07 bits per heavy atom. The highest BCUT2D eigenvalue weighted by atomic mass is 16.4. The van der Waals surface area contributed by atoms with Gasteiger partial charge in [-0.2, -0.15) is 0 Å². The number of aliphatic hydroxyl groups is 1.